The Balaban J connectivity index is 1.37. The van der Waals surface area contributed by atoms with Crippen molar-refractivity contribution in [2.45, 2.75) is 6.54 Å². The number of carbonyl (C=O) groups excluding carboxylic acids is 1. The van der Waals surface area contributed by atoms with Crippen molar-refractivity contribution >= 4 is 11.8 Å². The molecule has 0 unspecified atom stereocenters. The van der Waals surface area contributed by atoms with Gasteiger partial charge in [-0.3, -0.25) is 15.0 Å². The predicted molar refractivity (Wildman–Crippen MR) is 126 cm³/mol. The number of morpholine rings is 1. The van der Waals surface area contributed by atoms with Crippen molar-refractivity contribution in [3.05, 3.63) is 82.1 Å². The highest BCUT2D eigenvalue weighted by molar-refractivity contribution is 5.84. The molecule has 0 saturated carbocycles. The molecule has 9 heteroatoms. The summed E-state index contributed by atoms with van der Waals surface area (Å²) in [5.41, 5.74) is 3.13. The molecule has 0 atom stereocenters. The lowest BCUT2D eigenvalue weighted by Crippen LogP contribution is -2.38. The molecule has 1 amide bonds. The van der Waals surface area contributed by atoms with Crippen LogP contribution in [0, 0.1) is 11.3 Å². The minimum absolute atomic E-state index is 0.238. The zero-order valence-corrected chi connectivity index (χ0v) is 18.6. The summed E-state index contributed by atoms with van der Waals surface area (Å²) < 4.78 is 12.0. The van der Waals surface area contributed by atoms with Gasteiger partial charge < -0.3 is 9.47 Å². The molecule has 34 heavy (non-hydrogen) atoms. The van der Waals surface area contributed by atoms with Gasteiger partial charge >= 0.3 is 6.09 Å². The Morgan fingerprint density at radius 2 is 1.91 bits per heavy atom. The lowest BCUT2D eigenvalue weighted by atomic mass is 10.1. The molecule has 3 aromatic rings. The van der Waals surface area contributed by atoms with E-state index < -0.39 is 6.09 Å². The summed E-state index contributed by atoms with van der Waals surface area (Å²) in [7, 11) is 0. The SMILES string of the molecule is N#Cc1ccc(-c2ccc(=O)n(Cc3cccc(NC(=O)OCCN4CCOCC4)c3)n2)cc1. The molecule has 0 bridgehead atoms. The molecule has 4 rings (SSSR count). The van der Waals surface area contributed by atoms with E-state index in [1.165, 1.54) is 10.7 Å². The monoisotopic (exact) mass is 459 g/mol. The summed E-state index contributed by atoms with van der Waals surface area (Å²) >= 11 is 0. The van der Waals surface area contributed by atoms with Gasteiger partial charge in [-0.1, -0.05) is 24.3 Å². The lowest BCUT2D eigenvalue weighted by molar-refractivity contribution is 0.0290. The standard InChI is InChI=1S/C25H25N5O4/c26-17-19-4-6-21(7-5-19)23-8-9-24(31)30(28-23)18-20-2-1-3-22(16-20)27-25(32)34-15-12-29-10-13-33-14-11-29/h1-9,16H,10-15,18H2,(H,27,32). The second kappa shape index (κ2) is 11.2. The number of hydrogen-bond donors (Lipinski definition) is 1. The zero-order valence-electron chi connectivity index (χ0n) is 18.6. The van der Waals surface area contributed by atoms with E-state index in [1.807, 2.05) is 6.07 Å². The van der Waals surface area contributed by atoms with Gasteiger partial charge in [0.15, 0.2) is 0 Å². The third kappa shape index (κ3) is 6.28. The van der Waals surface area contributed by atoms with Crippen molar-refractivity contribution < 1.29 is 14.3 Å². The van der Waals surface area contributed by atoms with Crippen LogP contribution in [0.2, 0.25) is 0 Å². The quantitative estimate of drug-likeness (QED) is 0.578. The number of ether oxygens (including phenoxy) is 2. The van der Waals surface area contributed by atoms with Crippen LogP contribution in [0.5, 0.6) is 0 Å². The van der Waals surface area contributed by atoms with Gasteiger partial charge in [0.2, 0.25) is 0 Å². The maximum absolute atomic E-state index is 12.4. The third-order valence-corrected chi connectivity index (χ3v) is 5.43. The number of aromatic nitrogens is 2. The Morgan fingerprint density at radius 1 is 1.12 bits per heavy atom. The van der Waals surface area contributed by atoms with Crippen LogP contribution in [0.25, 0.3) is 11.3 Å². The highest BCUT2D eigenvalue weighted by Crippen LogP contribution is 2.17. The van der Waals surface area contributed by atoms with Crippen LogP contribution in [0.1, 0.15) is 11.1 Å². The van der Waals surface area contributed by atoms with Gasteiger partial charge in [-0.2, -0.15) is 10.4 Å². The molecule has 2 aromatic carbocycles. The minimum Gasteiger partial charge on any atom is -0.448 e. The molecule has 174 valence electrons. The van der Waals surface area contributed by atoms with E-state index in [9.17, 15) is 9.59 Å². The summed E-state index contributed by atoms with van der Waals surface area (Å²) in [5.74, 6) is 0. The Labute approximate surface area is 197 Å². The van der Waals surface area contributed by atoms with Gasteiger partial charge in [-0.25, -0.2) is 9.48 Å². The van der Waals surface area contributed by atoms with E-state index in [0.717, 1.165) is 24.2 Å². The topological polar surface area (TPSA) is 109 Å². The number of nitrogens with one attached hydrogen (secondary N) is 1. The Kier molecular flexibility index (Phi) is 7.65. The molecule has 0 spiro atoms. The van der Waals surface area contributed by atoms with Crippen molar-refractivity contribution in [3.63, 3.8) is 0 Å². The highest BCUT2D eigenvalue weighted by Gasteiger charge is 2.11. The van der Waals surface area contributed by atoms with E-state index >= 15 is 0 Å². The fourth-order valence-electron chi connectivity index (χ4n) is 3.60. The third-order valence-electron chi connectivity index (χ3n) is 5.43. The molecule has 9 nitrogen and oxygen atoms in total. The molecule has 0 aliphatic carbocycles. The van der Waals surface area contributed by atoms with Gasteiger partial charge in [0.05, 0.1) is 37.1 Å². The first-order chi connectivity index (χ1) is 16.6. The molecule has 1 saturated heterocycles. The van der Waals surface area contributed by atoms with Gasteiger partial charge in [-0.15, -0.1) is 0 Å². The summed E-state index contributed by atoms with van der Waals surface area (Å²) in [6.45, 7) is 4.29. The molecule has 1 N–H and O–H groups in total. The second-order valence-corrected chi connectivity index (χ2v) is 7.82. The Morgan fingerprint density at radius 3 is 2.68 bits per heavy atom. The zero-order chi connectivity index (χ0) is 23.8. The molecule has 1 aliphatic rings. The van der Waals surface area contributed by atoms with Crippen molar-refractivity contribution in [2.75, 3.05) is 44.8 Å². The van der Waals surface area contributed by atoms with E-state index in [0.29, 0.717) is 43.3 Å². The maximum Gasteiger partial charge on any atom is 0.411 e. The summed E-state index contributed by atoms with van der Waals surface area (Å²) in [4.78, 5) is 26.7. The van der Waals surface area contributed by atoms with E-state index in [2.05, 4.69) is 21.4 Å². The van der Waals surface area contributed by atoms with Crippen molar-refractivity contribution in [2.24, 2.45) is 0 Å². The van der Waals surface area contributed by atoms with Crippen LogP contribution in [-0.2, 0) is 16.0 Å². The largest absolute Gasteiger partial charge is 0.448 e. The van der Waals surface area contributed by atoms with E-state index in [-0.39, 0.29) is 12.1 Å². The summed E-state index contributed by atoms with van der Waals surface area (Å²) in [6.07, 6.45) is -0.525. The number of nitriles is 1. The first-order valence-corrected chi connectivity index (χ1v) is 11.0. The van der Waals surface area contributed by atoms with Crippen LogP contribution in [0.15, 0.2) is 65.5 Å². The number of nitrogens with zero attached hydrogens (tertiary/aromatic N) is 4. The Bertz CT molecular complexity index is 1230. The number of hydrogen-bond acceptors (Lipinski definition) is 7. The predicted octanol–water partition coefficient (Wildman–Crippen LogP) is 2.71. The molecule has 1 aliphatic heterocycles. The molecule has 2 heterocycles. The highest BCUT2D eigenvalue weighted by atomic mass is 16.5. The average Bonchev–Trinajstić information content (AvgIpc) is 2.86. The average molecular weight is 460 g/mol. The number of carbonyl (C=O) groups is 1. The molecule has 1 aromatic heterocycles. The number of rotatable bonds is 7. The fourth-order valence-corrected chi connectivity index (χ4v) is 3.60. The van der Waals surface area contributed by atoms with Crippen LogP contribution >= 0.6 is 0 Å². The molecule has 0 radical (unpaired) electrons. The molecular formula is C25H25N5O4. The van der Waals surface area contributed by atoms with Gasteiger partial charge in [-0.05, 0) is 35.9 Å². The fraction of sp³-hybridized carbons (Fsp3) is 0.280. The van der Waals surface area contributed by atoms with Gasteiger partial charge in [0.1, 0.15) is 6.61 Å². The molecule has 1 fully saturated rings. The van der Waals surface area contributed by atoms with Crippen LogP contribution in [-0.4, -0.2) is 60.2 Å². The van der Waals surface area contributed by atoms with Crippen LogP contribution in [0.4, 0.5) is 10.5 Å². The van der Waals surface area contributed by atoms with Crippen molar-refractivity contribution in [1.82, 2.24) is 14.7 Å². The van der Waals surface area contributed by atoms with Gasteiger partial charge in [0.25, 0.3) is 5.56 Å². The number of amides is 1. The van der Waals surface area contributed by atoms with E-state index in [4.69, 9.17) is 14.7 Å². The smallest absolute Gasteiger partial charge is 0.411 e. The summed E-state index contributed by atoms with van der Waals surface area (Å²) in [6, 6.07) is 19.4. The van der Waals surface area contributed by atoms with Crippen LogP contribution in [0.3, 0.4) is 0 Å². The first kappa shape index (κ1) is 23.2. The maximum atomic E-state index is 12.4. The first-order valence-electron chi connectivity index (χ1n) is 11.0. The Hall–Kier alpha value is -4.00. The van der Waals surface area contributed by atoms with E-state index in [1.54, 1.807) is 48.5 Å². The van der Waals surface area contributed by atoms with Crippen molar-refractivity contribution in [1.29, 1.82) is 5.26 Å². The van der Waals surface area contributed by atoms with Gasteiger partial charge in [0, 0.05) is 37.0 Å². The second-order valence-electron chi connectivity index (χ2n) is 7.82. The van der Waals surface area contributed by atoms with Crippen molar-refractivity contribution in [3.8, 4) is 17.3 Å². The summed E-state index contributed by atoms with van der Waals surface area (Å²) in [5, 5.41) is 16.2. The number of benzene rings is 2. The normalized spacial score (nSPS) is 13.7. The van der Waals surface area contributed by atoms with Crippen LogP contribution < -0.4 is 10.9 Å². The number of anilines is 1. The minimum atomic E-state index is -0.525. The lowest BCUT2D eigenvalue weighted by Gasteiger charge is -2.26. The molecular weight excluding hydrogens is 434 g/mol.